The van der Waals surface area contributed by atoms with E-state index in [1.165, 1.54) is 36.8 Å². The molecule has 108 valence electrons. The van der Waals surface area contributed by atoms with Crippen molar-refractivity contribution in [1.82, 2.24) is 0 Å². The fourth-order valence-corrected chi connectivity index (χ4v) is 3.28. The first kappa shape index (κ1) is 13.7. The van der Waals surface area contributed by atoms with Crippen molar-refractivity contribution in [2.45, 2.75) is 57.4 Å². The van der Waals surface area contributed by atoms with E-state index in [1.54, 1.807) is 5.57 Å². The van der Waals surface area contributed by atoms with E-state index >= 15 is 0 Å². The Bertz CT molecular complexity index is 492. The van der Waals surface area contributed by atoms with Crippen molar-refractivity contribution in [2.75, 3.05) is 6.61 Å². The maximum Gasteiger partial charge on any atom is 0.122 e. The maximum absolute atomic E-state index is 6.30. The molecule has 1 aromatic rings. The topological polar surface area (TPSA) is 35.2 Å². The fourth-order valence-electron chi connectivity index (χ4n) is 3.28. The molecule has 2 nitrogen and oxygen atoms in total. The SMILES string of the molecule is NC(CCc1ccc2c(c1)CCO2)CC1=CCCCC1. The molecule has 0 saturated carbocycles. The number of nitrogens with two attached hydrogens (primary N) is 1. The summed E-state index contributed by atoms with van der Waals surface area (Å²) in [5, 5.41) is 0. The molecule has 3 rings (SSSR count). The lowest BCUT2D eigenvalue weighted by Crippen LogP contribution is -2.21. The summed E-state index contributed by atoms with van der Waals surface area (Å²) in [7, 11) is 0. The van der Waals surface area contributed by atoms with Crippen molar-refractivity contribution in [3.63, 3.8) is 0 Å². The van der Waals surface area contributed by atoms with E-state index in [0.29, 0.717) is 6.04 Å². The Labute approximate surface area is 122 Å². The second-order valence-corrected chi connectivity index (χ2v) is 6.15. The number of fused-ring (bicyclic) bond motifs is 1. The van der Waals surface area contributed by atoms with E-state index < -0.39 is 0 Å². The van der Waals surface area contributed by atoms with Crippen LogP contribution in [0.3, 0.4) is 0 Å². The predicted molar refractivity (Wildman–Crippen MR) is 83.1 cm³/mol. The highest BCUT2D eigenvalue weighted by molar-refractivity contribution is 5.39. The van der Waals surface area contributed by atoms with Crippen molar-refractivity contribution in [3.8, 4) is 5.75 Å². The van der Waals surface area contributed by atoms with Gasteiger partial charge in [-0.05, 0) is 62.1 Å². The van der Waals surface area contributed by atoms with E-state index in [1.807, 2.05) is 0 Å². The quantitative estimate of drug-likeness (QED) is 0.827. The van der Waals surface area contributed by atoms with Gasteiger partial charge in [0.25, 0.3) is 0 Å². The Morgan fingerprint density at radius 1 is 1.20 bits per heavy atom. The van der Waals surface area contributed by atoms with E-state index in [9.17, 15) is 0 Å². The van der Waals surface area contributed by atoms with Crippen molar-refractivity contribution < 1.29 is 4.74 Å². The molecule has 1 aliphatic carbocycles. The number of hydrogen-bond acceptors (Lipinski definition) is 2. The van der Waals surface area contributed by atoms with Gasteiger partial charge in [0.05, 0.1) is 6.61 Å². The van der Waals surface area contributed by atoms with Gasteiger partial charge in [0, 0.05) is 12.5 Å². The Morgan fingerprint density at radius 2 is 2.15 bits per heavy atom. The number of rotatable bonds is 5. The third-order valence-electron chi connectivity index (χ3n) is 4.47. The van der Waals surface area contributed by atoms with Crippen molar-refractivity contribution >= 4 is 0 Å². The Morgan fingerprint density at radius 3 is 3.00 bits per heavy atom. The minimum absolute atomic E-state index is 0.309. The number of ether oxygens (including phenoxy) is 1. The molecule has 1 aliphatic heterocycles. The third-order valence-corrected chi connectivity index (χ3v) is 4.47. The average molecular weight is 271 g/mol. The van der Waals surface area contributed by atoms with Crippen LogP contribution in [-0.2, 0) is 12.8 Å². The molecule has 0 amide bonds. The van der Waals surface area contributed by atoms with Gasteiger partial charge in [0.2, 0.25) is 0 Å². The highest BCUT2D eigenvalue weighted by Gasteiger charge is 2.13. The fraction of sp³-hybridized carbons (Fsp3) is 0.556. The van der Waals surface area contributed by atoms with E-state index in [0.717, 1.165) is 38.0 Å². The summed E-state index contributed by atoms with van der Waals surface area (Å²) in [4.78, 5) is 0. The van der Waals surface area contributed by atoms with Crippen molar-refractivity contribution in [2.24, 2.45) is 5.73 Å². The number of benzene rings is 1. The Balaban J connectivity index is 1.50. The second kappa shape index (κ2) is 6.45. The summed E-state index contributed by atoms with van der Waals surface area (Å²) < 4.78 is 5.55. The lowest BCUT2D eigenvalue weighted by molar-refractivity contribution is 0.357. The standard InChI is InChI=1S/C18H25NO/c19-17(13-14-4-2-1-3-5-14)8-6-15-7-9-18-16(12-15)10-11-20-18/h4,7,9,12,17H,1-3,5-6,8,10-11,13,19H2. The van der Waals surface area contributed by atoms with Gasteiger partial charge in [-0.3, -0.25) is 0 Å². The number of allylic oxidation sites excluding steroid dienone is 1. The summed E-state index contributed by atoms with van der Waals surface area (Å²) in [6, 6.07) is 6.92. The molecule has 0 bridgehead atoms. The van der Waals surface area contributed by atoms with E-state index in [2.05, 4.69) is 24.3 Å². The molecule has 0 spiro atoms. The van der Waals surface area contributed by atoms with Gasteiger partial charge < -0.3 is 10.5 Å². The first-order chi connectivity index (χ1) is 9.81. The third kappa shape index (κ3) is 3.43. The molecule has 0 aromatic heterocycles. The molecule has 20 heavy (non-hydrogen) atoms. The van der Waals surface area contributed by atoms with Gasteiger partial charge in [-0.2, -0.15) is 0 Å². The second-order valence-electron chi connectivity index (χ2n) is 6.15. The van der Waals surface area contributed by atoms with Gasteiger partial charge >= 0.3 is 0 Å². The normalized spacial score (nSPS) is 19.1. The number of hydrogen-bond donors (Lipinski definition) is 1. The van der Waals surface area contributed by atoms with Gasteiger partial charge in [0.1, 0.15) is 5.75 Å². The molecular weight excluding hydrogens is 246 g/mol. The molecule has 0 fully saturated rings. The molecule has 2 N–H and O–H groups in total. The number of aryl methyl sites for hydroxylation is 1. The first-order valence-corrected chi connectivity index (χ1v) is 7.99. The van der Waals surface area contributed by atoms with Crippen LogP contribution in [0.5, 0.6) is 5.75 Å². The van der Waals surface area contributed by atoms with Crippen LogP contribution in [0.1, 0.15) is 49.7 Å². The lowest BCUT2D eigenvalue weighted by Gasteiger charge is -2.17. The minimum Gasteiger partial charge on any atom is -0.493 e. The average Bonchev–Trinajstić information content (AvgIpc) is 2.93. The van der Waals surface area contributed by atoms with Crippen LogP contribution in [0.15, 0.2) is 29.8 Å². The van der Waals surface area contributed by atoms with E-state index in [4.69, 9.17) is 10.5 Å². The summed E-state index contributed by atoms with van der Waals surface area (Å²) >= 11 is 0. The van der Waals surface area contributed by atoms with Crippen molar-refractivity contribution in [1.29, 1.82) is 0 Å². The molecule has 0 saturated heterocycles. The lowest BCUT2D eigenvalue weighted by atomic mass is 9.92. The van der Waals surface area contributed by atoms with Crippen LogP contribution in [-0.4, -0.2) is 12.6 Å². The van der Waals surface area contributed by atoms with Crippen LogP contribution in [0, 0.1) is 0 Å². The van der Waals surface area contributed by atoms with Crippen LogP contribution < -0.4 is 10.5 Å². The zero-order valence-corrected chi connectivity index (χ0v) is 12.2. The molecule has 1 unspecified atom stereocenters. The van der Waals surface area contributed by atoms with Gasteiger partial charge in [0.15, 0.2) is 0 Å². The first-order valence-electron chi connectivity index (χ1n) is 7.99. The predicted octanol–water partition coefficient (Wildman–Crippen LogP) is 3.77. The molecule has 1 atom stereocenters. The molecule has 0 radical (unpaired) electrons. The molecule has 2 aliphatic rings. The molecular formula is C18H25NO. The van der Waals surface area contributed by atoms with Crippen LogP contribution in [0.25, 0.3) is 0 Å². The van der Waals surface area contributed by atoms with Crippen LogP contribution >= 0.6 is 0 Å². The highest BCUT2D eigenvalue weighted by Crippen LogP contribution is 2.27. The Kier molecular flexibility index (Phi) is 4.41. The van der Waals surface area contributed by atoms with Gasteiger partial charge in [-0.15, -0.1) is 0 Å². The van der Waals surface area contributed by atoms with Gasteiger partial charge in [-0.25, -0.2) is 0 Å². The van der Waals surface area contributed by atoms with Gasteiger partial charge in [-0.1, -0.05) is 23.8 Å². The largest absolute Gasteiger partial charge is 0.493 e. The highest BCUT2D eigenvalue weighted by atomic mass is 16.5. The smallest absolute Gasteiger partial charge is 0.122 e. The van der Waals surface area contributed by atoms with Crippen LogP contribution in [0.2, 0.25) is 0 Å². The molecule has 1 aromatic carbocycles. The maximum atomic E-state index is 6.30. The zero-order chi connectivity index (χ0) is 13.8. The monoisotopic (exact) mass is 271 g/mol. The zero-order valence-electron chi connectivity index (χ0n) is 12.2. The molecule has 1 heterocycles. The van der Waals surface area contributed by atoms with Crippen LogP contribution in [0.4, 0.5) is 0 Å². The minimum atomic E-state index is 0.309. The Hall–Kier alpha value is -1.28. The van der Waals surface area contributed by atoms with E-state index in [-0.39, 0.29) is 0 Å². The summed E-state index contributed by atoms with van der Waals surface area (Å²) in [6.45, 7) is 0.840. The summed E-state index contributed by atoms with van der Waals surface area (Å²) in [5.41, 5.74) is 10.7. The van der Waals surface area contributed by atoms with Crippen molar-refractivity contribution in [3.05, 3.63) is 41.0 Å². The summed E-state index contributed by atoms with van der Waals surface area (Å²) in [6.07, 6.45) is 12.0. The molecule has 2 heteroatoms. The summed E-state index contributed by atoms with van der Waals surface area (Å²) in [5.74, 6) is 1.07.